The third-order valence-electron chi connectivity index (χ3n) is 4.55. The maximum absolute atomic E-state index is 12.6. The number of carbonyl (C=O) groups is 1. The smallest absolute Gasteiger partial charge is 0.322 e. The van der Waals surface area contributed by atoms with Crippen LogP contribution in [0.3, 0.4) is 0 Å². The molecule has 0 bridgehead atoms. The molecular formula is C14H26N2O4S. The third kappa shape index (κ3) is 3.76. The summed E-state index contributed by atoms with van der Waals surface area (Å²) in [5.74, 6) is -0.533. The summed E-state index contributed by atoms with van der Waals surface area (Å²) in [4.78, 5) is 11.5. The number of carboxylic acids is 1. The Bertz CT molecular complexity index is 477. The first-order valence-corrected chi connectivity index (χ1v) is 9.28. The number of hydrogen-bond acceptors (Lipinski definition) is 3. The van der Waals surface area contributed by atoms with Gasteiger partial charge in [-0.15, -0.1) is 0 Å². The van der Waals surface area contributed by atoms with Crippen molar-refractivity contribution in [3.8, 4) is 0 Å². The fourth-order valence-corrected chi connectivity index (χ4v) is 5.37. The monoisotopic (exact) mass is 318 g/mol. The molecule has 122 valence electrons. The van der Waals surface area contributed by atoms with Crippen LogP contribution in [-0.4, -0.2) is 42.4 Å². The lowest BCUT2D eigenvalue weighted by atomic mass is 9.78. The molecule has 0 aromatic heterocycles. The van der Waals surface area contributed by atoms with Gasteiger partial charge in [-0.3, -0.25) is 4.79 Å². The highest BCUT2D eigenvalue weighted by atomic mass is 32.2. The Morgan fingerprint density at radius 2 is 1.90 bits per heavy atom. The molecule has 0 aromatic carbocycles. The maximum Gasteiger partial charge on any atom is 0.322 e. The molecule has 0 radical (unpaired) electrons. The first-order chi connectivity index (χ1) is 9.83. The van der Waals surface area contributed by atoms with Crippen molar-refractivity contribution in [2.24, 2.45) is 11.8 Å². The highest BCUT2D eigenvalue weighted by molar-refractivity contribution is 7.87. The van der Waals surface area contributed by atoms with Gasteiger partial charge in [-0.1, -0.05) is 26.7 Å². The normalized spacial score (nSPS) is 31.1. The zero-order valence-electron chi connectivity index (χ0n) is 12.8. The molecule has 7 heteroatoms. The van der Waals surface area contributed by atoms with Crippen molar-refractivity contribution in [1.29, 1.82) is 0 Å². The summed E-state index contributed by atoms with van der Waals surface area (Å²) >= 11 is 0. The second kappa shape index (κ2) is 6.62. The van der Waals surface area contributed by atoms with Gasteiger partial charge in [-0.25, -0.2) is 4.72 Å². The average molecular weight is 318 g/mol. The zero-order chi connectivity index (χ0) is 15.6. The molecule has 21 heavy (non-hydrogen) atoms. The molecule has 1 heterocycles. The first kappa shape index (κ1) is 16.7. The molecule has 3 atom stereocenters. The lowest BCUT2D eigenvalue weighted by molar-refractivity contribution is -0.144. The van der Waals surface area contributed by atoms with Crippen LogP contribution in [0.4, 0.5) is 0 Å². The van der Waals surface area contributed by atoms with Crippen molar-refractivity contribution >= 4 is 16.2 Å². The van der Waals surface area contributed by atoms with Crippen LogP contribution in [0.1, 0.15) is 52.4 Å². The van der Waals surface area contributed by atoms with E-state index in [0.717, 1.165) is 32.1 Å². The van der Waals surface area contributed by atoms with Crippen molar-refractivity contribution in [2.45, 2.75) is 64.5 Å². The van der Waals surface area contributed by atoms with Gasteiger partial charge in [0.1, 0.15) is 6.04 Å². The predicted octanol–water partition coefficient (Wildman–Crippen LogP) is 1.58. The number of aliphatic carboxylic acids is 1. The number of carboxylic acid groups (broad SMARTS) is 1. The number of piperidine rings is 1. The quantitative estimate of drug-likeness (QED) is 0.806. The van der Waals surface area contributed by atoms with E-state index in [2.05, 4.69) is 4.72 Å². The Morgan fingerprint density at radius 3 is 2.52 bits per heavy atom. The van der Waals surface area contributed by atoms with Crippen LogP contribution < -0.4 is 4.72 Å². The molecule has 1 aliphatic carbocycles. The Balaban J connectivity index is 2.25. The van der Waals surface area contributed by atoms with Crippen molar-refractivity contribution in [1.82, 2.24) is 9.03 Å². The van der Waals surface area contributed by atoms with Crippen LogP contribution >= 0.6 is 0 Å². The van der Waals surface area contributed by atoms with E-state index in [1.54, 1.807) is 0 Å². The van der Waals surface area contributed by atoms with Crippen LogP contribution in [0.15, 0.2) is 0 Å². The molecule has 0 spiro atoms. The molecule has 2 aliphatic rings. The molecule has 0 amide bonds. The van der Waals surface area contributed by atoms with Gasteiger partial charge in [-0.2, -0.15) is 12.7 Å². The molecule has 6 nitrogen and oxygen atoms in total. The van der Waals surface area contributed by atoms with E-state index in [0.29, 0.717) is 18.9 Å². The van der Waals surface area contributed by atoms with Gasteiger partial charge in [0.2, 0.25) is 0 Å². The highest BCUT2D eigenvalue weighted by Gasteiger charge is 2.47. The molecule has 2 fully saturated rings. The highest BCUT2D eigenvalue weighted by Crippen LogP contribution is 2.39. The standard InChI is InChI=1S/C14H26N2O4S/c1-10(2)9-15-21(19,20)16-12-6-4-3-5-11(12)7-8-13(16)14(17)18/h10-13,15H,3-9H2,1-2H3,(H,17,18). The predicted molar refractivity (Wildman–Crippen MR) is 80.0 cm³/mol. The van der Waals surface area contributed by atoms with Crippen LogP contribution in [0.25, 0.3) is 0 Å². The summed E-state index contributed by atoms with van der Waals surface area (Å²) < 4.78 is 29.1. The first-order valence-electron chi connectivity index (χ1n) is 7.84. The molecule has 0 aromatic rings. The van der Waals surface area contributed by atoms with Crippen LogP contribution in [0.2, 0.25) is 0 Å². The lowest BCUT2D eigenvalue weighted by Crippen LogP contribution is -2.60. The Hall–Kier alpha value is -0.660. The zero-order valence-corrected chi connectivity index (χ0v) is 13.6. The van der Waals surface area contributed by atoms with Crippen molar-refractivity contribution in [3.05, 3.63) is 0 Å². The van der Waals surface area contributed by atoms with Gasteiger partial charge in [0.25, 0.3) is 10.2 Å². The minimum absolute atomic E-state index is 0.154. The Kier molecular flexibility index (Phi) is 5.27. The summed E-state index contributed by atoms with van der Waals surface area (Å²) in [6.07, 6.45) is 5.11. The van der Waals surface area contributed by atoms with E-state index >= 15 is 0 Å². The fourth-order valence-electron chi connectivity index (χ4n) is 3.51. The van der Waals surface area contributed by atoms with Crippen molar-refractivity contribution in [3.63, 3.8) is 0 Å². The molecule has 2 N–H and O–H groups in total. The van der Waals surface area contributed by atoms with E-state index in [9.17, 15) is 18.3 Å². The van der Waals surface area contributed by atoms with E-state index in [1.165, 1.54) is 4.31 Å². The minimum Gasteiger partial charge on any atom is -0.480 e. The van der Waals surface area contributed by atoms with E-state index in [4.69, 9.17) is 0 Å². The second-order valence-electron chi connectivity index (χ2n) is 6.62. The van der Waals surface area contributed by atoms with E-state index in [-0.39, 0.29) is 12.0 Å². The average Bonchev–Trinajstić information content (AvgIpc) is 2.43. The second-order valence-corrected chi connectivity index (χ2v) is 8.28. The van der Waals surface area contributed by atoms with Crippen molar-refractivity contribution < 1.29 is 18.3 Å². The fraction of sp³-hybridized carbons (Fsp3) is 0.929. The van der Waals surface area contributed by atoms with Crippen molar-refractivity contribution in [2.75, 3.05) is 6.54 Å². The van der Waals surface area contributed by atoms with Gasteiger partial charge in [0.05, 0.1) is 0 Å². The topological polar surface area (TPSA) is 86.7 Å². The molecule has 2 rings (SSSR count). The van der Waals surface area contributed by atoms with E-state index < -0.39 is 22.2 Å². The van der Waals surface area contributed by atoms with Crippen LogP contribution in [0, 0.1) is 11.8 Å². The summed E-state index contributed by atoms with van der Waals surface area (Å²) in [5.41, 5.74) is 0. The third-order valence-corrected chi connectivity index (χ3v) is 6.16. The molecule has 1 saturated carbocycles. The largest absolute Gasteiger partial charge is 0.480 e. The SMILES string of the molecule is CC(C)CNS(=O)(=O)N1C(C(=O)O)CCC2CCCCC21. The Morgan fingerprint density at radius 1 is 1.24 bits per heavy atom. The lowest BCUT2D eigenvalue weighted by Gasteiger charge is -2.45. The van der Waals surface area contributed by atoms with Crippen LogP contribution in [-0.2, 0) is 15.0 Å². The number of fused-ring (bicyclic) bond motifs is 1. The molecule has 1 aliphatic heterocycles. The number of nitrogens with zero attached hydrogens (tertiary/aromatic N) is 1. The minimum atomic E-state index is -3.74. The van der Waals surface area contributed by atoms with Gasteiger partial charge >= 0.3 is 5.97 Å². The van der Waals surface area contributed by atoms with Gasteiger partial charge in [0, 0.05) is 12.6 Å². The molecule has 3 unspecified atom stereocenters. The van der Waals surface area contributed by atoms with Gasteiger partial charge in [-0.05, 0) is 37.5 Å². The van der Waals surface area contributed by atoms with Gasteiger partial charge < -0.3 is 5.11 Å². The number of rotatable bonds is 5. The summed E-state index contributed by atoms with van der Waals surface area (Å²) in [6, 6.07) is -1.08. The maximum atomic E-state index is 12.6. The van der Waals surface area contributed by atoms with Crippen LogP contribution in [0.5, 0.6) is 0 Å². The summed E-state index contributed by atoms with van der Waals surface area (Å²) in [6.45, 7) is 4.19. The number of hydrogen-bond donors (Lipinski definition) is 2. The Labute approximate surface area is 127 Å². The van der Waals surface area contributed by atoms with Gasteiger partial charge in [0.15, 0.2) is 0 Å². The summed E-state index contributed by atoms with van der Waals surface area (Å²) in [5, 5.41) is 9.41. The molecule has 1 saturated heterocycles. The summed E-state index contributed by atoms with van der Waals surface area (Å²) in [7, 11) is -3.74. The van der Waals surface area contributed by atoms with E-state index in [1.807, 2.05) is 13.8 Å². The molecular weight excluding hydrogens is 292 g/mol. The number of nitrogens with one attached hydrogen (secondary N) is 1.